The number of nitrogens with zero attached hydrogens (tertiary/aromatic N) is 2. The number of hydrogen-bond donors (Lipinski definition) is 1. The largest absolute Gasteiger partial charge is 0.379 e. The number of carbonyl (C=O) groups excluding carboxylic acids is 2. The van der Waals surface area contributed by atoms with Gasteiger partial charge in [0.1, 0.15) is 4.90 Å². The van der Waals surface area contributed by atoms with Crippen molar-refractivity contribution in [2.45, 2.75) is 24.7 Å². The van der Waals surface area contributed by atoms with E-state index in [2.05, 4.69) is 5.32 Å². The van der Waals surface area contributed by atoms with Crippen molar-refractivity contribution < 1.29 is 22.7 Å². The third kappa shape index (κ3) is 4.91. The lowest BCUT2D eigenvalue weighted by molar-refractivity contribution is 0.0730. The molecule has 2 fully saturated rings. The predicted octanol–water partition coefficient (Wildman–Crippen LogP) is 3.16. The molecule has 8 nitrogen and oxygen atoms in total. The van der Waals surface area contributed by atoms with Gasteiger partial charge in [-0.05, 0) is 49.6 Å². The fourth-order valence-corrected chi connectivity index (χ4v) is 6.01. The highest BCUT2D eigenvalue weighted by Gasteiger charge is 2.29. The Balaban J connectivity index is 1.62. The minimum absolute atomic E-state index is 0.0403. The Kier molecular flexibility index (Phi) is 7.04. The van der Waals surface area contributed by atoms with Gasteiger partial charge in [-0.3, -0.25) is 9.59 Å². The number of aryl methyl sites for hydroxylation is 1. The lowest BCUT2D eigenvalue weighted by Gasteiger charge is -2.26. The number of ether oxygens (including phenoxy) is 1. The van der Waals surface area contributed by atoms with Gasteiger partial charge in [-0.2, -0.15) is 4.31 Å². The van der Waals surface area contributed by atoms with Gasteiger partial charge in [0.15, 0.2) is 0 Å². The molecule has 0 aromatic heterocycles. The van der Waals surface area contributed by atoms with Crippen LogP contribution in [0, 0.1) is 6.92 Å². The number of morpholine rings is 1. The molecule has 0 spiro atoms. The summed E-state index contributed by atoms with van der Waals surface area (Å²) in [5.74, 6) is -0.640. The predicted molar refractivity (Wildman–Crippen MR) is 125 cm³/mol. The molecule has 0 unspecified atom stereocenters. The van der Waals surface area contributed by atoms with Gasteiger partial charge >= 0.3 is 0 Å². The molecule has 2 amide bonds. The monoisotopic (exact) mass is 491 g/mol. The van der Waals surface area contributed by atoms with Gasteiger partial charge in [-0.15, -0.1) is 0 Å². The Hall–Kier alpha value is -2.46. The van der Waals surface area contributed by atoms with E-state index in [9.17, 15) is 18.0 Å². The number of anilines is 1. The van der Waals surface area contributed by atoms with Crippen LogP contribution in [0.1, 0.15) is 39.1 Å². The summed E-state index contributed by atoms with van der Waals surface area (Å²) in [6.07, 6.45) is 1.93. The summed E-state index contributed by atoms with van der Waals surface area (Å²) in [7, 11) is -3.88. The minimum Gasteiger partial charge on any atom is -0.379 e. The molecule has 0 atom stereocenters. The van der Waals surface area contributed by atoms with Crippen molar-refractivity contribution in [1.82, 2.24) is 9.21 Å². The van der Waals surface area contributed by atoms with Crippen LogP contribution in [0.3, 0.4) is 0 Å². The van der Waals surface area contributed by atoms with Crippen molar-refractivity contribution in [3.05, 3.63) is 58.1 Å². The molecule has 2 heterocycles. The van der Waals surface area contributed by atoms with Crippen molar-refractivity contribution in [2.24, 2.45) is 0 Å². The summed E-state index contributed by atoms with van der Waals surface area (Å²) in [6.45, 7) is 4.27. The zero-order chi connectivity index (χ0) is 23.6. The number of sulfonamides is 1. The second-order valence-electron chi connectivity index (χ2n) is 8.11. The maximum Gasteiger partial charge on any atom is 0.256 e. The molecule has 0 aliphatic carbocycles. The Morgan fingerprint density at radius 1 is 1.03 bits per heavy atom. The second-order valence-corrected chi connectivity index (χ2v) is 10.4. The number of amides is 2. The van der Waals surface area contributed by atoms with E-state index in [0.717, 1.165) is 18.4 Å². The molecule has 1 N–H and O–H groups in total. The number of rotatable bonds is 5. The molecule has 10 heteroatoms. The van der Waals surface area contributed by atoms with Gasteiger partial charge in [-0.1, -0.05) is 23.7 Å². The Morgan fingerprint density at radius 2 is 1.73 bits per heavy atom. The zero-order valence-corrected chi connectivity index (χ0v) is 19.9. The van der Waals surface area contributed by atoms with E-state index in [4.69, 9.17) is 16.3 Å². The van der Waals surface area contributed by atoms with E-state index in [1.54, 1.807) is 17.0 Å². The fourth-order valence-electron chi connectivity index (χ4n) is 4.10. The highest BCUT2D eigenvalue weighted by Crippen LogP contribution is 2.28. The first-order chi connectivity index (χ1) is 15.8. The molecule has 176 valence electrons. The Bertz CT molecular complexity index is 1170. The SMILES string of the molecule is Cc1cccc(NC(=O)c2ccc(Cl)c(S(=O)(=O)N3CCOCC3)c2)c1C(=O)N1CCCC1. The quantitative estimate of drug-likeness (QED) is 0.693. The van der Waals surface area contributed by atoms with E-state index in [1.807, 2.05) is 13.0 Å². The van der Waals surface area contributed by atoms with Crippen molar-refractivity contribution in [3.63, 3.8) is 0 Å². The summed E-state index contributed by atoms with van der Waals surface area (Å²) in [5.41, 5.74) is 1.73. The van der Waals surface area contributed by atoms with E-state index >= 15 is 0 Å². The molecular formula is C23H26ClN3O5S. The third-order valence-electron chi connectivity index (χ3n) is 5.91. The minimum atomic E-state index is -3.88. The van der Waals surface area contributed by atoms with E-state index in [-0.39, 0.29) is 34.5 Å². The number of likely N-dealkylation sites (tertiary alicyclic amines) is 1. The maximum absolute atomic E-state index is 13.1. The average Bonchev–Trinajstić information content (AvgIpc) is 3.35. The zero-order valence-electron chi connectivity index (χ0n) is 18.3. The van der Waals surface area contributed by atoms with Crippen LogP contribution in [-0.4, -0.2) is 68.8 Å². The van der Waals surface area contributed by atoms with Gasteiger partial charge in [0.05, 0.1) is 29.5 Å². The van der Waals surface area contributed by atoms with Crippen LogP contribution in [-0.2, 0) is 14.8 Å². The van der Waals surface area contributed by atoms with Gasteiger partial charge in [-0.25, -0.2) is 8.42 Å². The molecule has 0 saturated carbocycles. The lowest BCUT2D eigenvalue weighted by atomic mass is 10.0. The normalized spacial score (nSPS) is 17.2. The summed E-state index contributed by atoms with van der Waals surface area (Å²) in [5, 5.41) is 2.83. The molecule has 2 saturated heterocycles. The van der Waals surface area contributed by atoms with Crippen LogP contribution in [0.2, 0.25) is 5.02 Å². The van der Waals surface area contributed by atoms with Crippen LogP contribution in [0.4, 0.5) is 5.69 Å². The van der Waals surface area contributed by atoms with E-state index in [1.165, 1.54) is 22.5 Å². The molecule has 2 aromatic carbocycles. The number of hydrogen-bond acceptors (Lipinski definition) is 5. The number of halogens is 1. The summed E-state index contributed by atoms with van der Waals surface area (Å²) < 4.78 is 32.7. The molecule has 33 heavy (non-hydrogen) atoms. The molecule has 2 aliphatic heterocycles. The van der Waals surface area contributed by atoms with Gasteiger partial charge in [0, 0.05) is 31.7 Å². The number of nitrogens with one attached hydrogen (secondary N) is 1. The standard InChI is InChI=1S/C23H26ClN3O5S/c1-16-5-4-6-19(21(16)23(29)26-9-2-3-10-26)25-22(28)17-7-8-18(24)20(15-17)33(30,31)27-11-13-32-14-12-27/h4-8,15H,2-3,9-14H2,1H3,(H,25,28). The van der Waals surface area contributed by atoms with Crippen molar-refractivity contribution >= 4 is 39.1 Å². The highest BCUT2D eigenvalue weighted by molar-refractivity contribution is 7.89. The molecular weight excluding hydrogens is 466 g/mol. The third-order valence-corrected chi connectivity index (χ3v) is 8.29. The Labute approximate surface area is 198 Å². The molecule has 0 radical (unpaired) electrons. The molecule has 2 aromatic rings. The maximum atomic E-state index is 13.1. The van der Waals surface area contributed by atoms with Gasteiger partial charge in [0.2, 0.25) is 10.0 Å². The molecule has 2 aliphatic rings. The summed E-state index contributed by atoms with van der Waals surface area (Å²) in [4.78, 5) is 27.8. The second kappa shape index (κ2) is 9.80. The smallest absolute Gasteiger partial charge is 0.256 e. The van der Waals surface area contributed by atoms with Crippen molar-refractivity contribution in [1.29, 1.82) is 0 Å². The first kappa shape index (κ1) is 23.7. The van der Waals surface area contributed by atoms with Crippen LogP contribution in [0.25, 0.3) is 0 Å². The van der Waals surface area contributed by atoms with Crippen molar-refractivity contribution in [2.75, 3.05) is 44.7 Å². The van der Waals surface area contributed by atoms with Crippen LogP contribution in [0.15, 0.2) is 41.3 Å². The summed E-state index contributed by atoms with van der Waals surface area (Å²) >= 11 is 6.21. The van der Waals surface area contributed by atoms with Crippen LogP contribution in [0.5, 0.6) is 0 Å². The van der Waals surface area contributed by atoms with Crippen LogP contribution < -0.4 is 5.32 Å². The molecule has 4 rings (SSSR count). The number of carbonyl (C=O) groups is 2. The van der Waals surface area contributed by atoms with Crippen molar-refractivity contribution in [3.8, 4) is 0 Å². The van der Waals surface area contributed by atoms with E-state index < -0.39 is 15.9 Å². The topological polar surface area (TPSA) is 96.0 Å². The van der Waals surface area contributed by atoms with Gasteiger partial charge in [0.25, 0.3) is 11.8 Å². The molecule has 0 bridgehead atoms. The summed E-state index contributed by atoms with van der Waals surface area (Å²) in [6, 6.07) is 9.41. The van der Waals surface area contributed by atoms with Crippen LogP contribution >= 0.6 is 11.6 Å². The number of benzene rings is 2. The first-order valence-electron chi connectivity index (χ1n) is 10.9. The average molecular weight is 492 g/mol. The van der Waals surface area contributed by atoms with Gasteiger partial charge < -0.3 is 15.0 Å². The fraction of sp³-hybridized carbons (Fsp3) is 0.391. The first-order valence-corrected chi connectivity index (χ1v) is 12.7. The Morgan fingerprint density at radius 3 is 2.42 bits per heavy atom. The highest BCUT2D eigenvalue weighted by atomic mass is 35.5. The lowest BCUT2D eigenvalue weighted by Crippen LogP contribution is -2.40. The van der Waals surface area contributed by atoms with E-state index in [0.29, 0.717) is 37.6 Å².